The summed E-state index contributed by atoms with van der Waals surface area (Å²) in [5, 5.41) is 9.10. The van der Waals surface area contributed by atoms with E-state index in [1.165, 1.54) is 0 Å². The number of hydrogen-bond donors (Lipinski definition) is 4. The van der Waals surface area contributed by atoms with E-state index in [2.05, 4.69) is 18.8 Å². The van der Waals surface area contributed by atoms with Gasteiger partial charge in [0.05, 0.1) is 6.04 Å². The second-order valence-corrected chi connectivity index (χ2v) is 5.05. The van der Waals surface area contributed by atoms with Gasteiger partial charge in [0.25, 0.3) is 0 Å². The van der Waals surface area contributed by atoms with Gasteiger partial charge < -0.3 is 22.3 Å². The summed E-state index contributed by atoms with van der Waals surface area (Å²) < 4.78 is 0. The van der Waals surface area contributed by atoms with Crippen molar-refractivity contribution in [2.75, 3.05) is 0 Å². The first-order chi connectivity index (χ1) is 8.90. The van der Waals surface area contributed by atoms with E-state index < -0.39 is 5.97 Å². The SMILES string of the molecule is CCC(CC)[C@H](N)[C@@H]1C=C(C(=O)O)C[C@H]1N=C(N)N. The molecule has 0 aliphatic heterocycles. The van der Waals surface area contributed by atoms with Crippen molar-refractivity contribution in [3.05, 3.63) is 11.6 Å². The van der Waals surface area contributed by atoms with Gasteiger partial charge in [0, 0.05) is 24.0 Å². The Balaban J connectivity index is 2.97. The first-order valence-electron chi connectivity index (χ1n) is 6.68. The van der Waals surface area contributed by atoms with Crippen LogP contribution in [0.5, 0.6) is 0 Å². The Labute approximate surface area is 113 Å². The molecule has 1 aliphatic rings. The summed E-state index contributed by atoms with van der Waals surface area (Å²) in [4.78, 5) is 15.2. The van der Waals surface area contributed by atoms with Gasteiger partial charge in [0.2, 0.25) is 0 Å². The molecule has 0 aromatic heterocycles. The Kier molecular flexibility index (Phi) is 5.35. The van der Waals surface area contributed by atoms with Crippen LogP contribution < -0.4 is 17.2 Å². The van der Waals surface area contributed by atoms with Gasteiger partial charge in [-0.3, -0.25) is 0 Å². The molecule has 0 fully saturated rings. The summed E-state index contributed by atoms with van der Waals surface area (Å²) >= 11 is 0. The summed E-state index contributed by atoms with van der Waals surface area (Å²) in [7, 11) is 0. The molecule has 0 amide bonds. The average molecular weight is 268 g/mol. The van der Waals surface area contributed by atoms with Crippen LogP contribution in [0, 0.1) is 11.8 Å². The third-order valence-corrected chi connectivity index (χ3v) is 3.89. The van der Waals surface area contributed by atoms with E-state index in [1.807, 2.05) is 0 Å². The second-order valence-electron chi connectivity index (χ2n) is 5.05. The van der Waals surface area contributed by atoms with E-state index in [0.717, 1.165) is 12.8 Å². The molecule has 6 nitrogen and oxygen atoms in total. The van der Waals surface area contributed by atoms with Crippen LogP contribution in [0.3, 0.4) is 0 Å². The van der Waals surface area contributed by atoms with E-state index in [0.29, 0.717) is 17.9 Å². The molecule has 0 saturated heterocycles. The van der Waals surface area contributed by atoms with Crippen LogP contribution in [-0.2, 0) is 4.79 Å². The predicted molar refractivity (Wildman–Crippen MR) is 75.5 cm³/mol. The Bertz CT molecular complexity index is 384. The molecule has 0 aromatic rings. The molecule has 0 spiro atoms. The van der Waals surface area contributed by atoms with Gasteiger partial charge in [-0.2, -0.15) is 0 Å². The Morgan fingerprint density at radius 3 is 2.47 bits per heavy atom. The average Bonchev–Trinajstić information content (AvgIpc) is 2.73. The number of aliphatic carboxylic acids is 1. The molecular formula is C13H24N4O2. The van der Waals surface area contributed by atoms with Gasteiger partial charge in [-0.1, -0.05) is 32.8 Å². The minimum absolute atomic E-state index is 0.0215. The van der Waals surface area contributed by atoms with Crippen molar-refractivity contribution in [1.82, 2.24) is 0 Å². The number of rotatable bonds is 6. The van der Waals surface area contributed by atoms with Crippen molar-refractivity contribution >= 4 is 11.9 Å². The van der Waals surface area contributed by atoms with Crippen LogP contribution in [0.2, 0.25) is 0 Å². The van der Waals surface area contributed by atoms with E-state index in [4.69, 9.17) is 22.3 Å². The molecule has 1 aliphatic carbocycles. The smallest absolute Gasteiger partial charge is 0.331 e. The molecule has 108 valence electrons. The zero-order valence-corrected chi connectivity index (χ0v) is 11.5. The van der Waals surface area contributed by atoms with E-state index in [9.17, 15) is 4.79 Å². The van der Waals surface area contributed by atoms with Crippen LogP contribution in [-0.4, -0.2) is 29.1 Å². The maximum atomic E-state index is 11.1. The van der Waals surface area contributed by atoms with Crippen molar-refractivity contribution < 1.29 is 9.90 Å². The molecule has 0 aromatic carbocycles. The molecule has 6 heteroatoms. The number of nitrogens with two attached hydrogens (primary N) is 3. The van der Waals surface area contributed by atoms with E-state index >= 15 is 0 Å². The molecular weight excluding hydrogens is 244 g/mol. The van der Waals surface area contributed by atoms with E-state index in [-0.39, 0.29) is 24.0 Å². The van der Waals surface area contributed by atoms with Gasteiger partial charge >= 0.3 is 5.97 Å². The number of carboxylic acids is 1. The van der Waals surface area contributed by atoms with Crippen LogP contribution in [0.4, 0.5) is 0 Å². The summed E-state index contributed by atoms with van der Waals surface area (Å²) in [6.07, 6.45) is 3.98. The topological polar surface area (TPSA) is 128 Å². The summed E-state index contributed by atoms with van der Waals surface area (Å²) in [5.41, 5.74) is 17.5. The maximum Gasteiger partial charge on any atom is 0.331 e. The summed E-state index contributed by atoms with van der Waals surface area (Å²) in [5.74, 6) is -0.717. The van der Waals surface area contributed by atoms with Crippen LogP contribution in [0.1, 0.15) is 33.1 Å². The Morgan fingerprint density at radius 1 is 1.47 bits per heavy atom. The predicted octanol–water partition coefficient (Wildman–Crippen LogP) is 0.423. The number of aliphatic imine (C=N–C) groups is 1. The lowest BCUT2D eigenvalue weighted by molar-refractivity contribution is -0.132. The van der Waals surface area contributed by atoms with Gasteiger partial charge in [-0.15, -0.1) is 0 Å². The van der Waals surface area contributed by atoms with Gasteiger partial charge in [-0.25, -0.2) is 9.79 Å². The highest BCUT2D eigenvalue weighted by atomic mass is 16.4. The first kappa shape index (κ1) is 15.5. The fourth-order valence-electron chi connectivity index (χ4n) is 2.77. The van der Waals surface area contributed by atoms with Gasteiger partial charge in [-0.05, 0) is 5.92 Å². The van der Waals surface area contributed by atoms with E-state index in [1.54, 1.807) is 6.08 Å². The number of hydrogen-bond acceptors (Lipinski definition) is 3. The first-order valence-corrected chi connectivity index (χ1v) is 6.68. The van der Waals surface area contributed by atoms with Gasteiger partial charge in [0.15, 0.2) is 5.96 Å². The third-order valence-electron chi connectivity index (χ3n) is 3.89. The van der Waals surface area contributed by atoms with Crippen molar-refractivity contribution in [2.45, 2.75) is 45.2 Å². The second kappa shape index (κ2) is 6.56. The van der Waals surface area contributed by atoms with Crippen LogP contribution in [0.15, 0.2) is 16.6 Å². The summed E-state index contributed by atoms with van der Waals surface area (Å²) in [6.45, 7) is 4.17. The molecule has 0 heterocycles. The molecule has 0 radical (unpaired) electrons. The van der Waals surface area contributed by atoms with Crippen molar-refractivity contribution in [3.63, 3.8) is 0 Å². The molecule has 3 atom stereocenters. The highest BCUT2D eigenvalue weighted by Gasteiger charge is 2.36. The quantitative estimate of drug-likeness (QED) is 0.410. The molecule has 1 rings (SSSR count). The fraction of sp³-hybridized carbons (Fsp3) is 0.692. The van der Waals surface area contributed by atoms with Crippen molar-refractivity contribution in [2.24, 2.45) is 34.0 Å². The molecule has 0 saturated carbocycles. The zero-order chi connectivity index (χ0) is 14.6. The fourth-order valence-corrected chi connectivity index (χ4v) is 2.77. The van der Waals surface area contributed by atoms with Crippen LogP contribution >= 0.6 is 0 Å². The number of carboxylic acid groups (broad SMARTS) is 1. The number of nitrogens with zero attached hydrogens (tertiary/aromatic N) is 1. The third kappa shape index (κ3) is 3.70. The Morgan fingerprint density at radius 2 is 2.05 bits per heavy atom. The number of carbonyl (C=O) groups is 1. The zero-order valence-electron chi connectivity index (χ0n) is 11.5. The Hall–Kier alpha value is -1.56. The standard InChI is InChI=1S/C13H24N4O2/c1-3-7(4-2)11(14)9-5-8(12(18)19)6-10(9)17-13(15)16/h5,7,9-11H,3-4,6,14H2,1-2H3,(H,18,19)(H4,15,16,17)/t9-,10-,11+/m1/s1. The van der Waals surface area contributed by atoms with Gasteiger partial charge in [0.1, 0.15) is 0 Å². The van der Waals surface area contributed by atoms with Crippen LogP contribution in [0.25, 0.3) is 0 Å². The highest BCUT2D eigenvalue weighted by Crippen LogP contribution is 2.33. The normalized spacial score (nSPS) is 24.1. The lowest BCUT2D eigenvalue weighted by Crippen LogP contribution is -2.41. The maximum absolute atomic E-state index is 11.1. The molecule has 19 heavy (non-hydrogen) atoms. The molecule has 0 bridgehead atoms. The van der Waals surface area contributed by atoms with Crippen molar-refractivity contribution in [3.8, 4) is 0 Å². The minimum atomic E-state index is -0.921. The minimum Gasteiger partial charge on any atom is -0.478 e. The highest BCUT2D eigenvalue weighted by molar-refractivity contribution is 5.87. The lowest BCUT2D eigenvalue weighted by atomic mass is 9.83. The van der Waals surface area contributed by atoms with Crippen molar-refractivity contribution in [1.29, 1.82) is 0 Å². The number of guanidine groups is 1. The largest absolute Gasteiger partial charge is 0.478 e. The monoisotopic (exact) mass is 268 g/mol. The summed E-state index contributed by atoms with van der Waals surface area (Å²) in [6, 6.07) is -0.383. The lowest BCUT2D eigenvalue weighted by Gasteiger charge is -2.28. The molecule has 0 unspecified atom stereocenters. The molecule has 7 N–H and O–H groups in total.